The quantitative estimate of drug-likeness (QED) is 0.363. The van der Waals surface area contributed by atoms with E-state index in [0.717, 1.165) is 65.6 Å². The molecule has 2 aromatic carbocycles. The molecule has 3 aromatic rings. The molecule has 42 heavy (non-hydrogen) atoms. The summed E-state index contributed by atoms with van der Waals surface area (Å²) in [7, 11) is 1.67. The standard InChI is InChI=1S/C31H39N7O4/c1-41-29-6-3-21-15-22(29)18-32-8-2-9-33-30(40)28-17-25(39)20-38(28)19-23-16-24(35-31-34-10-7-26(21)36-31)4-5-27(23)37-11-13-42-14-12-37/h3-7,10,15-16,25,28,32,39H,2,8-9,11-14,17-20H2,1H3,(H,33,40)(H,34,35,36)/t25-,28?/m1/s1. The molecule has 0 saturated carbocycles. The molecule has 3 aliphatic rings. The molecule has 11 heteroatoms. The summed E-state index contributed by atoms with van der Waals surface area (Å²) in [6.07, 6.45) is 2.42. The third-order valence-electron chi connectivity index (χ3n) is 8.12. The first-order valence-corrected chi connectivity index (χ1v) is 14.7. The van der Waals surface area contributed by atoms with Crippen LogP contribution in [0.1, 0.15) is 24.0 Å². The Labute approximate surface area is 246 Å². The van der Waals surface area contributed by atoms with Crippen molar-refractivity contribution in [1.29, 1.82) is 0 Å². The number of anilines is 3. The molecule has 0 spiro atoms. The zero-order chi connectivity index (χ0) is 28.9. The van der Waals surface area contributed by atoms with Crippen molar-refractivity contribution < 1.29 is 19.4 Å². The fourth-order valence-electron chi connectivity index (χ4n) is 6.00. The molecule has 1 unspecified atom stereocenters. The number of amides is 1. The Morgan fingerprint density at radius 1 is 1.07 bits per heavy atom. The Morgan fingerprint density at radius 3 is 2.81 bits per heavy atom. The highest BCUT2D eigenvalue weighted by Crippen LogP contribution is 2.31. The third kappa shape index (κ3) is 6.49. The van der Waals surface area contributed by atoms with E-state index < -0.39 is 6.10 Å². The first kappa shape index (κ1) is 28.4. The molecule has 3 aliphatic heterocycles. The molecule has 4 heterocycles. The Hall–Kier alpha value is -3.77. The van der Waals surface area contributed by atoms with E-state index in [-0.39, 0.29) is 11.9 Å². The number of carbonyl (C=O) groups excluding carboxylic acids is 1. The maximum atomic E-state index is 13.3. The lowest BCUT2D eigenvalue weighted by molar-refractivity contribution is -0.125. The number of aliphatic hydroxyl groups excluding tert-OH is 1. The third-order valence-corrected chi connectivity index (χ3v) is 8.12. The van der Waals surface area contributed by atoms with Crippen molar-refractivity contribution >= 4 is 23.2 Å². The first-order valence-electron chi connectivity index (χ1n) is 14.7. The molecular weight excluding hydrogens is 534 g/mol. The van der Waals surface area contributed by atoms with Gasteiger partial charge in [0.1, 0.15) is 5.75 Å². The first-order chi connectivity index (χ1) is 20.6. The van der Waals surface area contributed by atoms with Crippen LogP contribution in [-0.2, 0) is 22.6 Å². The second-order valence-electron chi connectivity index (χ2n) is 11.0. The summed E-state index contributed by atoms with van der Waals surface area (Å²) in [6, 6.07) is 13.8. The molecule has 4 N–H and O–H groups in total. The van der Waals surface area contributed by atoms with Crippen LogP contribution in [0.15, 0.2) is 48.7 Å². The van der Waals surface area contributed by atoms with Crippen LogP contribution in [-0.4, -0.2) is 91.1 Å². The highest BCUT2D eigenvalue weighted by atomic mass is 16.5. The average Bonchev–Trinajstić information content (AvgIpc) is 3.38. The number of aliphatic hydroxyl groups is 1. The summed E-state index contributed by atoms with van der Waals surface area (Å²) in [6.45, 7) is 5.87. The number of morpholine rings is 1. The van der Waals surface area contributed by atoms with E-state index in [1.165, 1.54) is 0 Å². The largest absolute Gasteiger partial charge is 0.496 e. The number of hydrogen-bond acceptors (Lipinski definition) is 10. The Bertz CT molecular complexity index is 1400. The second-order valence-corrected chi connectivity index (χ2v) is 11.0. The van der Waals surface area contributed by atoms with Crippen LogP contribution in [0.4, 0.5) is 17.3 Å². The molecule has 2 saturated heterocycles. The number of carbonyl (C=O) groups is 1. The van der Waals surface area contributed by atoms with E-state index >= 15 is 0 Å². The van der Waals surface area contributed by atoms with Gasteiger partial charge in [0.25, 0.3) is 0 Å². The predicted molar refractivity (Wildman–Crippen MR) is 161 cm³/mol. The Morgan fingerprint density at radius 2 is 1.95 bits per heavy atom. The number of ether oxygens (including phenoxy) is 2. The molecular formula is C31H39N7O4. The number of hydrogen-bond donors (Lipinski definition) is 4. The molecule has 1 aromatic heterocycles. The second kappa shape index (κ2) is 13.0. The summed E-state index contributed by atoms with van der Waals surface area (Å²) in [4.78, 5) is 27.0. The van der Waals surface area contributed by atoms with Crippen LogP contribution in [0.5, 0.6) is 5.75 Å². The number of nitrogens with zero attached hydrogens (tertiary/aromatic N) is 4. The van der Waals surface area contributed by atoms with Crippen LogP contribution >= 0.6 is 0 Å². The number of rotatable bonds is 2. The summed E-state index contributed by atoms with van der Waals surface area (Å²) in [5.74, 6) is 1.26. The molecule has 6 bridgehead atoms. The van der Waals surface area contributed by atoms with Crippen LogP contribution in [0.2, 0.25) is 0 Å². The zero-order valence-electron chi connectivity index (χ0n) is 24.0. The predicted octanol–water partition coefficient (Wildman–Crippen LogP) is 2.28. The van der Waals surface area contributed by atoms with E-state index in [9.17, 15) is 9.90 Å². The van der Waals surface area contributed by atoms with Gasteiger partial charge in [0.15, 0.2) is 0 Å². The van der Waals surface area contributed by atoms with Crippen molar-refractivity contribution in [3.63, 3.8) is 0 Å². The van der Waals surface area contributed by atoms with Gasteiger partial charge in [-0.05, 0) is 67.4 Å². The van der Waals surface area contributed by atoms with Gasteiger partial charge in [0.05, 0.1) is 38.2 Å². The van der Waals surface area contributed by atoms with Crippen molar-refractivity contribution in [2.45, 2.75) is 38.1 Å². The van der Waals surface area contributed by atoms with Gasteiger partial charge >= 0.3 is 0 Å². The summed E-state index contributed by atoms with van der Waals surface area (Å²) in [5, 5.41) is 20.5. The molecule has 0 radical (unpaired) electrons. The number of nitrogens with one attached hydrogen (secondary N) is 3. The van der Waals surface area contributed by atoms with Crippen LogP contribution in [0, 0.1) is 0 Å². The van der Waals surface area contributed by atoms with Gasteiger partial charge in [-0.1, -0.05) is 0 Å². The molecule has 2 atom stereocenters. The van der Waals surface area contributed by atoms with Crippen molar-refractivity contribution in [2.75, 3.05) is 63.3 Å². The molecule has 2 fully saturated rings. The normalized spacial score (nSPS) is 22.0. The van der Waals surface area contributed by atoms with Crippen LogP contribution in [0.3, 0.4) is 0 Å². The highest BCUT2D eigenvalue weighted by molar-refractivity contribution is 5.82. The maximum Gasteiger partial charge on any atom is 0.237 e. The molecule has 6 rings (SSSR count). The van der Waals surface area contributed by atoms with Crippen LogP contribution in [0.25, 0.3) is 11.3 Å². The minimum absolute atomic E-state index is 0.0391. The summed E-state index contributed by atoms with van der Waals surface area (Å²) < 4.78 is 11.2. The topological polar surface area (TPSA) is 124 Å². The summed E-state index contributed by atoms with van der Waals surface area (Å²) in [5.41, 5.74) is 5.85. The summed E-state index contributed by atoms with van der Waals surface area (Å²) >= 11 is 0. The van der Waals surface area contributed by atoms with Gasteiger partial charge in [0, 0.05) is 68.0 Å². The maximum absolute atomic E-state index is 13.3. The minimum atomic E-state index is -0.543. The number of methoxy groups -OCH3 is 1. The van der Waals surface area contributed by atoms with E-state index in [4.69, 9.17) is 14.5 Å². The van der Waals surface area contributed by atoms with Gasteiger partial charge in [-0.25, -0.2) is 9.97 Å². The minimum Gasteiger partial charge on any atom is -0.496 e. The van der Waals surface area contributed by atoms with Crippen molar-refractivity contribution in [3.05, 3.63) is 59.8 Å². The van der Waals surface area contributed by atoms with E-state index in [1.54, 1.807) is 13.3 Å². The smallest absolute Gasteiger partial charge is 0.237 e. The number of aromatic nitrogens is 2. The SMILES string of the molecule is COc1ccc2cc1CNCCCNC(=O)C1C[C@@H](O)CN1Cc1cc(ccc1N1CCOCC1)Nc1nccc-2n1. The fraction of sp³-hybridized carbons (Fsp3) is 0.452. The van der Waals surface area contributed by atoms with Gasteiger partial charge in [-0.3, -0.25) is 9.69 Å². The Kier molecular flexibility index (Phi) is 8.80. The van der Waals surface area contributed by atoms with Gasteiger partial charge in [-0.15, -0.1) is 0 Å². The van der Waals surface area contributed by atoms with E-state index in [1.807, 2.05) is 24.3 Å². The lowest BCUT2D eigenvalue weighted by atomic mass is 10.1. The van der Waals surface area contributed by atoms with E-state index in [2.05, 4.69) is 48.9 Å². The van der Waals surface area contributed by atoms with E-state index in [0.29, 0.717) is 51.8 Å². The fourth-order valence-corrected chi connectivity index (χ4v) is 6.00. The van der Waals surface area contributed by atoms with Crippen molar-refractivity contribution in [1.82, 2.24) is 25.5 Å². The van der Waals surface area contributed by atoms with Gasteiger partial charge in [-0.2, -0.15) is 0 Å². The molecule has 11 nitrogen and oxygen atoms in total. The van der Waals surface area contributed by atoms with Crippen LogP contribution < -0.4 is 25.6 Å². The number of benzene rings is 2. The van der Waals surface area contributed by atoms with Gasteiger partial charge < -0.3 is 35.4 Å². The van der Waals surface area contributed by atoms with Gasteiger partial charge in [0.2, 0.25) is 11.9 Å². The van der Waals surface area contributed by atoms with Crippen molar-refractivity contribution in [3.8, 4) is 17.0 Å². The Balaban J connectivity index is 1.36. The molecule has 0 aliphatic carbocycles. The number of fused-ring (bicyclic) bond motifs is 8. The molecule has 222 valence electrons. The average molecular weight is 574 g/mol. The monoisotopic (exact) mass is 573 g/mol. The molecule has 1 amide bonds. The zero-order valence-corrected chi connectivity index (χ0v) is 24.0. The van der Waals surface area contributed by atoms with Crippen molar-refractivity contribution in [2.24, 2.45) is 0 Å². The lowest BCUT2D eigenvalue weighted by Crippen LogP contribution is -2.44. The highest BCUT2D eigenvalue weighted by Gasteiger charge is 2.36. The lowest BCUT2D eigenvalue weighted by Gasteiger charge is -2.32.